The third-order valence-electron chi connectivity index (χ3n) is 3.21. The van der Waals surface area contributed by atoms with Crippen LogP contribution in [0.15, 0.2) is 57.7 Å². The number of methoxy groups -OCH3 is 1. The molecule has 5 heteroatoms. The van der Waals surface area contributed by atoms with Crippen LogP contribution in [0.3, 0.4) is 0 Å². The normalized spacial score (nSPS) is 10.4. The fourth-order valence-corrected chi connectivity index (χ4v) is 2.06. The van der Waals surface area contributed by atoms with Crippen molar-refractivity contribution in [1.82, 2.24) is 0 Å². The predicted octanol–water partition coefficient (Wildman–Crippen LogP) is 2.85. The maximum Gasteiger partial charge on any atom is 0.255 e. The Morgan fingerprint density at radius 1 is 1.18 bits per heavy atom. The van der Waals surface area contributed by atoms with Crippen molar-refractivity contribution in [1.29, 1.82) is 0 Å². The number of carbonyl (C=O) groups is 1. The van der Waals surface area contributed by atoms with Crippen molar-refractivity contribution in [2.75, 3.05) is 12.4 Å². The molecule has 0 unspecified atom stereocenters. The number of fused-ring (bicyclic) bond motifs is 1. The van der Waals surface area contributed by atoms with Crippen LogP contribution in [0, 0.1) is 6.26 Å². The van der Waals surface area contributed by atoms with Crippen LogP contribution in [-0.2, 0) is 0 Å². The van der Waals surface area contributed by atoms with Gasteiger partial charge in [0, 0.05) is 17.3 Å². The third kappa shape index (κ3) is 2.69. The van der Waals surface area contributed by atoms with Gasteiger partial charge in [0.15, 0.2) is 11.7 Å². The summed E-state index contributed by atoms with van der Waals surface area (Å²) in [5.41, 5.74) is 1.23. The number of benzene rings is 2. The van der Waals surface area contributed by atoms with Gasteiger partial charge >= 0.3 is 0 Å². The lowest BCUT2D eigenvalue weighted by molar-refractivity contribution is 0.102. The molecule has 1 N–H and O–H groups in total. The van der Waals surface area contributed by atoms with Crippen LogP contribution < -0.4 is 15.5 Å². The molecule has 1 aromatic heterocycles. The van der Waals surface area contributed by atoms with Gasteiger partial charge in [0.25, 0.3) is 5.91 Å². The lowest BCUT2D eigenvalue weighted by Gasteiger charge is -2.06. The quantitative estimate of drug-likeness (QED) is 0.806. The van der Waals surface area contributed by atoms with Gasteiger partial charge in [0.05, 0.1) is 12.5 Å². The number of ether oxygens (including phenoxy) is 1. The molecule has 2 aromatic carbocycles. The van der Waals surface area contributed by atoms with Gasteiger partial charge < -0.3 is 14.5 Å². The Kier molecular flexibility index (Phi) is 3.62. The summed E-state index contributed by atoms with van der Waals surface area (Å²) in [6.07, 6.45) is 2.41. The Balaban J connectivity index is 1.87. The topological polar surface area (TPSA) is 68.5 Å². The Hall–Kier alpha value is -3.08. The van der Waals surface area contributed by atoms with E-state index in [0.717, 1.165) is 0 Å². The molecule has 0 spiro atoms. The van der Waals surface area contributed by atoms with E-state index in [9.17, 15) is 9.59 Å². The molecule has 109 valence electrons. The van der Waals surface area contributed by atoms with Gasteiger partial charge in [-0.05, 0) is 42.5 Å². The number of amides is 1. The summed E-state index contributed by atoms with van der Waals surface area (Å²) in [5.74, 6) is 0.407. The van der Waals surface area contributed by atoms with E-state index in [1.807, 2.05) is 0 Å². The van der Waals surface area contributed by atoms with Crippen molar-refractivity contribution in [3.63, 3.8) is 0 Å². The Morgan fingerprint density at radius 3 is 2.68 bits per heavy atom. The van der Waals surface area contributed by atoms with Gasteiger partial charge in [0.1, 0.15) is 11.3 Å². The molecular formula is C17H12NO4. The van der Waals surface area contributed by atoms with E-state index in [2.05, 4.69) is 11.6 Å². The highest BCUT2D eigenvalue weighted by molar-refractivity contribution is 6.05. The zero-order chi connectivity index (χ0) is 15.5. The summed E-state index contributed by atoms with van der Waals surface area (Å²) < 4.78 is 10.2. The molecule has 0 atom stereocenters. The third-order valence-corrected chi connectivity index (χ3v) is 3.21. The lowest BCUT2D eigenvalue weighted by Crippen LogP contribution is -2.12. The van der Waals surface area contributed by atoms with E-state index in [-0.39, 0.29) is 11.3 Å². The van der Waals surface area contributed by atoms with Gasteiger partial charge in [0.2, 0.25) is 0 Å². The fourth-order valence-electron chi connectivity index (χ4n) is 2.06. The molecule has 22 heavy (non-hydrogen) atoms. The lowest BCUT2D eigenvalue weighted by atomic mass is 10.1. The van der Waals surface area contributed by atoms with Gasteiger partial charge in [-0.1, -0.05) is 0 Å². The predicted molar refractivity (Wildman–Crippen MR) is 82.3 cm³/mol. The molecule has 0 aliphatic carbocycles. The van der Waals surface area contributed by atoms with Crippen molar-refractivity contribution < 1.29 is 13.9 Å². The van der Waals surface area contributed by atoms with E-state index in [0.29, 0.717) is 28.0 Å². The monoisotopic (exact) mass is 294 g/mol. The van der Waals surface area contributed by atoms with Crippen molar-refractivity contribution >= 4 is 22.6 Å². The molecule has 1 heterocycles. The van der Waals surface area contributed by atoms with Crippen molar-refractivity contribution in [3.05, 3.63) is 70.6 Å². The molecule has 5 nitrogen and oxygen atoms in total. The largest absolute Gasteiger partial charge is 0.497 e. The number of hydrogen-bond acceptors (Lipinski definition) is 4. The van der Waals surface area contributed by atoms with Gasteiger partial charge in [-0.3, -0.25) is 9.59 Å². The van der Waals surface area contributed by atoms with E-state index in [1.54, 1.807) is 49.6 Å². The number of nitrogens with one attached hydrogen (secondary N) is 1. The second kappa shape index (κ2) is 5.73. The SMILES string of the molecule is COc1ccc(C(=O)Nc2ccc3o[c]cc(=O)c3c2)cc1. The van der Waals surface area contributed by atoms with Gasteiger partial charge in [-0.2, -0.15) is 0 Å². The average Bonchev–Trinajstić information content (AvgIpc) is 2.55. The summed E-state index contributed by atoms with van der Waals surface area (Å²) >= 11 is 0. The Morgan fingerprint density at radius 2 is 1.95 bits per heavy atom. The maximum atomic E-state index is 12.2. The minimum atomic E-state index is -0.270. The zero-order valence-corrected chi connectivity index (χ0v) is 11.8. The second-order valence-corrected chi connectivity index (χ2v) is 4.62. The van der Waals surface area contributed by atoms with E-state index in [4.69, 9.17) is 9.15 Å². The molecule has 0 bridgehead atoms. The molecule has 0 aliphatic heterocycles. The molecule has 3 rings (SSSR count). The molecule has 0 saturated heterocycles. The van der Waals surface area contributed by atoms with E-state index < -0.39 is 0 Å². The molecular weight excluding hydrogens is 282 g/mol. The van der Waals surface area contributed by atoms with Crippen LogP contribution in [0.2, 0.25) is 0 Å². The number of rotatable bonds is 3. The molecule has 0 saturated carbocycles. The summed E-state index contributed by atoms with van der Waals surface area (Å²) in [4.78, 5) is 23.9. The molecule has 3 aromatic rings. The Bertz CT molecular complexity index is 881. The molecule has 1 radical (unpaired) electrons. The van der Waals surface area contributed by atoms with Gasteiger partial charge in [-0.25, -0.2) is 0 Å². The minimum Gasteiger partial charge on any atom is -0.497 e. The first kappa shape index (κ1) is 13.9. The van der Waals surface area contributed by atoms with Crippen molar-refractivity contribution in [3.8, 4) is 5.75 Å². The van der Waals surface area contributed by atoms with E-state index >= 15 is 0 Å². The highest BCUT2D eigenvalue weighted by Gasteiger charge is 2.08. The second-order valence-electron chi connectivity index (χ2n) is 4.62. The molecule has 0 fully saturated rings. The standard InChI is InChI=1S/C17H12NO4/c1-21-13-5-2-11(3-6-13)17(20)18-12-4-7-16-14(10-12)15(19)8-9-22-16/h2-8,10H,1H3,(H,18,20). The highest BCUT2D eigenvalue weighted by Crippen LogP contribution is 2.17. The zero-order valence-electron chi connectivity index (χ0n) is 11.8. The van der Waals surface area contributed by atoms with Crippen molar-refractivity contribution in [2.24, 2.45) is 0 Å². The molecule has 0 aliphatic rings. The van der Waals surface area contributed by atoms with Crippen LogP contribution >= 0.6 is 0 Å². The van der Waals surface area contributed by atoms with E-state index in [1.165, 1.54) is 6.07 Å². The highest BCUT2D eigenvalue weighted by atomic mass is 16.5. The molecule has 1 amide bonds. The minimum absolute atomic E-state index is 0.207. The van der Waals surface area contributed by atoms with Crippen LogP contribution in [-0.4, -0.2) is 13.0 Å². The number of hydrogen-bond donors (Lipinski definition) is 1. The number of carbonyl (C=O) groups excluding carboxylic acids is 1. The first-order valence-corrected chi connectivity index (χ1v) is 6.57. The van der Waals surface area contributed by atoms with Crippen LogP contribution in [0.4, 0.5) is 5.69 Å². The van der Waals surface area contributed by atoms with Crippen LogP contribution in [0.5, 0.6) is 5.75 Å². The first-order chi connectivity index (χ1) is 10.7. The van der Waals surface area contributed by atoms with Gasteiger partial charge in [-0.15, -0.1) is 0 Å². The summed E-state index contributed by atoms with van der Waals surface area (Å²) in [6.45, 7) is 0. The van der Waals surface area contributed by atoms with Crippen molar-refractivity contribution in [2.45, 2.75) is 0 Å². The number of anilines is 1. The summed E-state index contributed by atoms with van der Waals surface area (Å²) in [7, 11) is 1.56. The maximum absolute atomic E-state index is 12.2. The average molecular weight is 294 g/mol. The van der Waals surface area contributed by atoms with Crippen LogP contribution in [0.1, 0.15) is 10.4 Å². The van der Waals surface area contributed by atoms with Crippen LogP contribution in [0.25, 0.3) is 11.0 Å². The summed E-state index contributed by atoms with van der Waals surface area (Å²) in [6, 6.07) is 12.8. The fraction of sp³-hybridized carbons (Fsp3) is 0.0588. The smallest absolute Gasteiger partial charge is 0.255 e. The summed E-state index contributed by atoms with van der Waals surface area (Å²) in [5, 5.41) is 3.14. The first-order valence-electron chi connectivity index (χ1n) is 6.57. The Labute approximate surface area is 126 Å².